The third-order valence-electron chi connectivity index (χ3n) is 5.44. The third-order valence-corrected chi connectivity index (χ3v) is 5.44. The number of hydrogen-bond donors (Lipinski definition) is 1. The standard InChI is InChI=1S/C22H28N2O5/c1-21(2,3)29-20(27)24-18(12-28-22(24,4)5)19(26)15-8-14-6-13(11-25)7-17(14)16(9-15)10-23/h8-9,11,13,18-19,26H,6-7,12H2,1-5H3/t13?,18-,19?/m1/s1. The van der Waals surface area contributed by atoms with E-state index in [1.54, 1.807) is 40.7 Å². The van der Waals surface area contributed by atoms with Crippen LogP contribution in [-0.2, 0) is 27.1 Å². The number of fused-ring (bicyclic) bond motifs is 1. The maximum absolute atomic E-state index is 12.8. The molecule has 1 aliphatic heterocycles. The minimum Gasteiger partial charge on any atom is -0.444 e. The lowest BCUT2D eigenvalue weighted by Crippen LogP contribution is -2.51. The summed E-state index contributed by atoms with van der Waals surface area (Å²) >= 11 is 0. The second kappa shape index (κ2) is 7.43. The van der Waals surface area contributed by atoms with Crippen LogP contribution in [0.1, 0.15) is 63.0 Å². The van der Waals surface area contributed by atoms with Crippen LogP contribution in [0.3, 0.4) is 0 Å². The zero-order valence-electron chi connectivity index (χ0n) is 17.6. The first-order chi connectivity index (χ1) is 13.5. The maximum Gasteiger partial charge on any atom is 0.413 e. The van der Waals surface area contributed by atoms with Crippen LogP contribution >= 0.6 is 0 Å². The summed E-state index contributed by atoms with van der Waals surface area (Å²) < 4.78 is 11.3. The van der Waals surface area contributed by atoms with E-state index in [9.17, 15) is 20.0 Å². The fourth-order valence-corrected chi connectivity index (χ4v) is 4.12. The van der Waals surface area contributed by atoms with Gasteiger partial charge in [0.1, 0.15) is 23.7 Å². The van der Waals surface area contributed by atoms with E-state index in [-0.39, 0.29) is 12.5 Å². The summed E-state index contributed by atoms with van der Waals surface area (Å²) in [7, 11) is 0. The lowest BCUT2D eigenvalue weighted by molar-refractivity contribution is -0.110. The Labute approximate surface area is 171 Å². The number of nitriles is 1. The molecule has 2 aliphatic rings. The van der Waals surface area contributed by atoms with E-state index in [2.05, 4.69) is 6.07 Å². The van der Waals surface area contributed by atoms with Crippen LogP contribution in [0.4, 0.5) is 4.79 Å². The molecule has 0 radical (unpaired) electrons. The first-order valence-corrected chi connectivity index (χ1v) is 9.82. The molecule has 0 bridgehead atoms. The Morgan fingerprint density at radius 2 is 2.10 bits per heavy atom. The van der Waals surface area contributed by atoms with Crippen LogP contribution in [-0.4, -0.2) is 46.4 Å². The molecule has 0 saturated carbocycles. The Bertz CT molecular complexity index is 865. The Hall–Kier alpha value is -2.43. The first-order valence-electron chi connectivity index (χ1n) is 9.82. The molecular weight excluding hydrogens is 372 g/mol. The molecule has 2 unspecified atom stereocenters. The van der Waals surface area contributed by atoms with Crippen molar-refractivity contribution >= 4 is 12.4 Å². The highest BCUT2D eigenvalue weighted by Crippen LogP contribution is 2.38. The number of nitrogens with zero attached hydrogens (tertiary/aromatic N) is 2. The molecule has 156 valence electrons. The molecule has 7 nitrogen and oxygen atoms in total. The summed E-state index contributed by atoms with van der Waals surface area (Å²) in [5, 5.41) is 20.7. The minimum absolute atomic E-state index is 0.142. The van der Waals surface area contributed by atoms with Crippen LogP contribution in [0.5, 0.6) is 0 Å². The van der Waals surface area contributed by atoms with Crippen LogP contribution in [0.25, 0.3) is 0 Å². The van der Waals surface area contributed by atoms with E-state index < -0.39 is 29.6 Å². The number of rotatable bonds is 3. The molecular formula is C22H28N2O5. The monoisotopic (exact) mass is 400 g/mol. The zero-order valence-corrected chi connectivity index (χ0v) is 17.6. The number of carbonyl (C=O) groups is 2. The minimum atomic E-state index is -1.06. The Morgan fingerprint density at radius 3 is 2.69 bits per heavy atom. The third kappa shape index (κ3) is 4.14. The van der Waals surface area contributed by atoms with Crippen molar-refractivity contribution in [3.8, 4) is 6.07 Å². The first kappa shape index (κ1) is 21.3. The Kier molecular flexibility index (Phi) is 5.46. The highest BCUT2D eigenvalue weighted by molar-refractivity contribution is 5.70. The smallest absolute Gasteiger partial charge is 0.413 e. The fourth-order valence-electron chi connectivity index (χ4n) is 4.12. The number of ether oxygens (including phenoxy) is 2. The molecule has 1 heterocycles. The average Bonchev–Trinajstić information content (AvgIpc) is 3.18. The highest BCUT2D eigenvalue weighted by Gasteiger charge is 2.48. The molecule has 1 saturated heterocycles. The number of amides is 1. The average molecular weight is 400 g/mol. The van der Waals surface area contributed by atoms with Gasteiger partial charge in [-0.25, -0.2) is 4.79 Å². The lowest BCUT2D eigenvalue weighted by atomic mass is 9.94. The van der Waals surface area contributed by atoms with E-state index in [4.69, 9.17) is 9.47 Å². The van der Waals surface area contributed by atoms with Gasteiger partial charge in [0, 0.05) is 5.92 Å². The number of aliphatic hydroxyl groups excluding tert-OH is 1. The van der Waals surface area contributed by atoms with Gasteiger partial charge in [-0.15, -0.1) is 0 Å². The highest BCUT2D eigenvalue weighted by atomic mass is 16.6. The van der Waals surface area contributed by atoms with E-state index >= 15 is 0 Å². The second-order valence-corrected chi connectivity index (χ2v) is 9.24. The van der Waals surface area contributed by atoms with Crippen molar-refractivity contribution in [3.05, 3.63) is 34.4 Å². The Morgan fingerprint density at radius 1 is 1.41 bits per heavy atom. The number of aliphatic hydroxyl groups is 1. The fraction of sp³-hybridized carbons (Fsp3) is 0.591. The molecule has 1 N–H and O–H groups in total. The summed E-state index contributed by atoms with van der Waals surface area (Å²) in [5.74, 6) is -0.142. The number of carbonyl (C=O) groups excluding carboxylic acids is 2. The molecule has 0 spiro atoms. The van der Waals surface area contributed by atoms with Gasteiger partial charge in [-0.2, -0.15) is 5.26 Å². The molecule has 3 atom stereocenters. The van der Waals surface area contributed by atoms with Crippen molar-refractivity contribution < 1.29 is 24.2 Å². The van der Waals surface area contributed by atoms with Gasteiger partial charge >= 0.3 is 6.09 Å². The summed E-state index contributed by atoms with van der Waals surface area (Å²) in [5.41, 5.74) is 1.14. The van der Waals surface area contributed by atoms with Gasteiger partial charge in [0.05, 0.1) is 24.3 Å². The van der Waals surface area contributed by atoms with Crippen LogP contribution in [0.15, 0.2) is 12.1 Å². The van der Waals surface area contributed by atoms with Crippen LogP contribution in [0, 0.1) is 17.2 Å². The van der Waals surface area contributed by atoms with Crippen molar-refractivity contribution in [2.24, 2.45) is 5.92 Å². The number of benzene rings is 1. The molecule has 1 aromatic rings. The molecule has 1 aliphatic carbocycles. The molecule has 3 rings (SSSR count). The van der Waals surface area contributed by atoms with Crippen molar-refractivity contribution in [1.82, 2.24) is 4.90 Å². The molecule has 1 aromatic carbocycles. The molecule has 1 fully saturated rings. The molecule has 29 heavy (non-hydrogen) atoms. The second-order valence-electron chi connectivity index (χ2n) is 9.24. The number of hydrogen-bond acceptors (Lipinski definition) is 6. The predicted octanol–water partition coefficient (Wildman–Crippen LogP) is 2.88. The van der Waals surface area contributed by atoms with Crippen molar-refractivity contribution in [1.29, 1.82) is 5.26 Å². The van der Waals surface area contributed by atoms with Gasteiger partial charge in [0.15, 0.2) is 0 Å². The predicted molar refractivity (Wildman–Crippen MR) is 105 cm³/mol. The Balaban J connectivity index is 1.93. The molecule has 1 amide bonds. The summed E-state index contributed by atoms with van der Waals surface area (Å²) in [6.45, 7) is 8.99. The molecule has 7 heteroatoms. The quantitative estimate of drug-likeness (QED) is 0.783. The van der Waals surface area contributed by atoms with E-state index in [1.165, 1.54) is 4.90 Å². The van der Waals surface area contributed by atoms with Crippen molar-refractivity contribution in [3.63, 3.8) is 0 Å². The molecule has 0 aromatic heterocycles. The van der Waals surface area contributed by atoms with Crippen molar-refractivity contribution in [2.45, 2.75) is 70.9 Å². The largest absolute Gasteiger partial charge is 0.444 e. The van der Waals surface area contributed by atoms with Crippen LogP contribution < -0.4 is 0 Å². The van der Waals surface area contributed by atoms with Gasteiger partial charge in [0.25, 0.3) is 0 Å². The summed E-state index contributed by atoms with van der Waals surface area (Å²) in [6, 6.07) is 5.00. The van der Waals surface area contributed by atoms with E-state index in [0.717, 1.165) is 17.4 Å². The van der Waals surface area contributed by atoms with E-state index in [0.29, 0.717) is 24.0 Å². The van der Waals surface area contributed by atoms with E-state index in [1.807, 2.05) is 6.07 Å². The van der Waals surface area contributed by atoms with Gasteiger partial charge in [0.2, 0.25) is 0 Å². The number of aldehydes is 1. The summed E-state index contributed by atoms with van der Waals surface area (Å²) in [4.78, 5) is 25.5. The van der Waals surface area contributed by atoms with Gasteiger partial charge in [-0.3, -0.25) is 4.90 Å². The SMILES string of the molecule is CC(C)(C)OC(=O)N1[C@@H](C(O)c2cc(C#N)c3c(c2)CC(C=O)C3)COC1(C)C. The maximum atomic E-state index is 12.8. The normalized spacial score (nSPS) is 24.0. The van der Waals surface area contributed by atoms with Gasteiger partial charge in [-0.05, 0) is 70.2 Å². The summed E-state index contributed by atoms with van der Waals surface area (Å²) in [6.07, 6.45) is 0.385. The van der Waals surface area contributed by atoms with Gasteiger partial charge in [-0.1, -0.05) is 6.07 Å². The van der Waals surface area contributed by atoms with Gasteiger partial charge < -0.3 is 19.4 Å². The lowest BCUT2D eigenvalue weighted by Gasteiger charge is -2.36. The topological polar surface area (TPSA) is 99.9 Å². The van der Waals surface area contributed by atoms with Crippen molar-refractivity contribution in [2.75, 3.05) is 6.61 Å². The zero-order chi connectivity index (χ0) is 21.6. The van der Waals surface area contributed by atoms with Crippen LogP contribution in [0.2, 0.25) is 0 Å².